The first-order chi connectivity index (χ1) is 13.7. The molecule has 29 heavy (non-hydrogen) atoms. The van der Waals surface area contributed by atoms with Crippen molar-refractivity contribution in [3.8, 4) is 11.5 Å². The maximum atomic E-state index is 12.6. The van der Waals surface area contributed by atoms with Crippen molar-refractivity contribution >= 4 is 45.3 Å². The van der Waals surface area contributed by atoms with Crippen LogP contribution in [0.3, 0.4) is 0 Å². The molecule has 0 atom stereocenters. The van der Waals surface area contributed by atoms with Crippen molar-refractivity contribution in [2.45, 2.75) is 11.8 Å². The van der Waals surface area contributed by atoms with Gasteiger partial charge in [-0.3, -0.25) is 4.79 Å². The summed E-state index contributed by atoms with van der Waals surface area (Å²) in [5.41, 5.74) is 2.53. The molecule has 0 aliphatic rings. The molecule has 2 N–H and O–H groups in total. The van der Waals surface area contributed by atoms with E-state index in [1.54, 1.807) is 25.1 Å². The van der Waals surface area contributed by atoms with Crippen LogP contribution in [0.4, 0.5) is 0 Å². The van der Waals surface area contributed by atoms with Gasteiger partial charge in [0, 0.05) is 17.6 Å². The zero-order valence-electron chi connectivity index (χ0n) is 15.6. The summed E-state index contributed by atoms with van der Waals surface area (Å²) < 4.78 is 31.3. The summed E-state index contributed by atoms with van der Waals surface area (Å²) in [6.45, 7) is 1.65. The lowest BCUT2D eigenvalue weighted by atomic mass is 10.2. The number of phenolic OH excluding ortho intramolecular Hbond substituents is 1. The third-order valence-electron chi connectivity index (χ3n) is 3.67. The molecule has 0 aliphatic carbocycles. The van der Waals surface area contributed by atoms with E-state index in [4.69, 9.17) is 27.9 Å². The second-order valence-electron chi connectivity index (χ2n) is 5.76. The van der Waals surface area contributed by atoms with Crippen molar-refractivity contribution in [1.82, 2.24) is 9.73 Å². The van der Waals surface area contributed by atoms with Crippen LogP contribution in [0.2, 0.25) is 10.0 Å². The van der Waals surface area contributed by atoms with Crippen molar-refractivity contribution in [3.05, 3.63) is 52.0 Å². The van der Waals surface area contributed by atoms with E-state index < -0.39 is 22.5 Å². The van der Waals surface area contributed by atoms with Gasteiger partial charge in [-0.05, 0) is 37.3 Å². The number of phenols is 1. The average molecular weight is 460 g/mol. The van der Waals surface area contributed by atoms with Crippen molar-refractivity contribution in [2.75, 3.05) is 20.2 Å². The Morgan fingerprint density at radius 2 is 2.03 bits per heavy atom. The predicted molar refractivity (Wildman–Crippen MR) is 111 cm³/mol. The van der Waals surface area contributed by atoms with E-state index >= 15 is 0 Å². The monoisotopic (exact) mass is 459 g/mol. The van der Waals surface area contributed by atoms with Crippen LogP contribution < -0.4 is 10.2 Å². The number of para-hydroxylation sites is 1. The molecule has 0 radical (unpaired) electrons. The maximum absolute atomic E-state index is 12.6. The summed E-state index contributed by atoms with van der Waals surface area (Å²) in [7, 11) is -2.81. The van der Waals surface area contributed by atoms with Crippen LogP contribution in [-0.2, 0) is 14.8 Å². The first-order valence-electron chi connectivity index (χ1n) is 8.35. The smallest absolute Gasteiger partial charge is 0.255 e. The minimum Gasteiger partial charge on any atom is -0.504 e. The van der Waals surface area contributed by atoms with Gasteiger partial charge in [-0.25, -0.2) is 13.8 Å². The van der Waals surface area contributed by atoms with Gasteiger partial charge in [0.05, 0.1) is 24.4 Å². The lowest BCUT2D eigenvalue weighted by Crippen LogP contribution is -2.36. The van der Waals surface area contributed by atoms with Gasteiger partial charge in [-0.1, -0.05) is 29.3 Å². The molecule has 0 spiro atoms. The molecule has 0 bridgehead atoms. The SMILES string of the molecule is CCOc1cccc(/C=N\NC(=O)CN(C)S(=O)(=O)c2cc(Cl)ccc2Cl)c1O. The molecule has 0 saturated carbocycles. The molecule has 8 nitrogen and oxygen atoms in total. The van der Waals surface area contributed by atoms with E-state index in [2.05, 4.69) is 10.5 Å². The maximum Gasteiger partial charge on any atom is 0.255 e. The molecule has 0 aromatic heterocycles. The minimum atomic E-state index is -4.04. The van der Waals surface area contributed by atoms with Crippen LogP contribution in [-0.4, -0.2) is 50.2 Å². The summed E-state index contributed by atoms with van der Waals surface area (Å²) in [6, 6.07) is 8.85. The topological polar surface area (TPSA) is 108 Å². The normalized spacial score (nSPS) is 11.8. The standard InChI is InChI=1S/C18H19Cl2N3O5S/c1-3-28-15-6-4-5-12(18(15)25)10-21-22-17(24)11-23(2)29(26,27)16-9-13(19)7-8-14(16)20/h4-10,25H,3,11H2,1-2H3,(H,22,24)/b21-10-. The number of sulfonamides is 1. The fourth-order valence-electron chi connectivity index (χ4n) is 2.25. The molecule has 1 amide bonds. The second kappa shape index (κ2) is 9.93. The van der Waals surface area contributed by atoms with Crippen molar-refractivity contribution < 1.29 is 23.1 Å². The van der Waals surface area contributed by atoms with Crippen molar-refractivity contribution in [3.63, 3.8) is 0 Å². The highest BCUT2D eigenvalue weighted by Crippen LogP contribution is 2.29. The summed E-state index contributed by atoms with van der Waals surface area (Å²) >= 11 is 11.8. The Bertz CT molecular complexity index is 1030. The largest absolute Gasteiger partial charge is 0.504 e. The Labute approximate surface area is 178 Å². The van der Waals surface area contributed by atoms with Crippen LogP contribution in [0.5, 0.6) is 11.5 Å². The van der Waals surface area contributed by atoms with Crippen LogP contribution in [0.25, 0.3) is 0 Å². The van der Waals surface area contributed by atoms with E-state index in [0.29, 0.717) is 12.2 Å². The van der Waals surface area contributed by atoms with Crippen LogP contribution in [0.1, 0.15) is 12.5 Å². The predicted octanol–water partition coefficient (Wildman–Crippen LogP) is 2.87. The summed E-state index contributed by atoms with van der Waals surface area (Å²) in [4.78, 5) is 11.8. The minimum absolute atomic E-state index is 0.00988. The second-order valence-corrected chi connectivity index (χ2v) is 8.61. The molecular weight excluding hydrogens is 441 g/mol. The van der Waals surface area contributed by atoms with Crippen LogP contribution in [0.15, 0.2) is 46.4 Å². The Hall–Kier alpha value is -2.33. The Kier molecular flexibility index (Phi) is 7.86. The van der Waals surface area contributed by atoms with E-state index in [1.807, 2.05) is 0 Å². The lowest BCUT2D eigenvalue weighted by molar-refractivity contribution is -0.121. The van der Waals surface area contributed by atoms with Crippen molar-refractivity contribution in [2.24, 2.45) is 5.10 Å². The molecule has 2 aromatic carbocycles. The lowest BCUT2D eigenvalue weighted by Gasteiger charge is -2.17. The fraction of sp³-hybridized carbons (Fsp3) is 0.222. The molecule has 0 unspecified atom stereocenters. The average Bonchev–Trinajstić information content (AvgIpc) is 2.66. The van der Waals surface area contributed by atoms with E-state index in [9.17, 15) is 18.3 Å². The molecule has 0 saturated heterocycles. The van der Waals surface area contributed by atoms with E-state index in [1.165, 1.54) is 31.5 Å². The third-order valence-corrected chi connectivity index (χ3v) is 6.19. The number of hydrogen-bond donors (Lipinski definition) is 2. The van der Waals surface area contributed by atoms with Gasteiger partial charge in [-0.15, -0.1) is 0 Å². The number of benzene rings is 2. The van der Waals surface area contributed by atoms with Gasteiger partial charge < -0.3 is 9.84 Å². The highest BCUT2D eigenvalue weighted by Gasteiger charge is 2.25. The van der Waals surface area contributed by atoms with Crippen LogP contribution >= 0.6 is 23.2 Å². The zero-order valence-corrected chi connectivity index (χ0v) is 17.9. The number of likely N-dealkylation sites (N-methyl/N-ethyl adjacent to an activating group) is 1. The number of aromatic hydroxyl groups is 1. The molecule has 0 aliphatic heterocycles. The Balaban J connectivity index is 2.04. The molecule has 2 aromatic rings. The number of hydrogen-bond acceptors (Lipinski definition) is 6. The van der Waals surface area contributed by atoms with E-state index in [-0.39, 0.29) is 26.4 Å². The third kappa shape index (κ3) is 5.83. The number of nitrogens with one attached hydrogen (secondary N) is 1. The Morgan fingerprint density at radius 3 is 2.72 bits per heavy atom. The number of hydrazone groups is 1. The molecule has 11 heteroatoms. The van der Waals surface area contributed by atoms with Gasteiger partial charge in [0.25, 0.3) is 5.91 Å². The zero-order chi connectivity index (χ0) is 21.6. The summed E-state index contributed by atoms with van der Waals surface area (Å²) in [6.07, 6.45) is 1.22. The molecule has 0 fully saturated rings. The quantitative estimate of drug-likeness (QED) is 0.465. The van der Waals surface area contributed by atoms with Crippen LogP contribution in [0, 0.1) is 0 Å². The van der Waals surface area contributed by atoms with Gasteiger partial charge in [0.1, 0.15) is 4.90 Å². The van der Waals surface area contributed by atoms with Gasteiger partial charge in [0.15, 0.2) is 11.5 Å². The first kappa shape index (κ1) is 23.0. The number of rotatable bonds is 8. The molecule has 0 heterocycles. The highest BCUT2D eigenvalue weighted by atomic mass is 35.5. The van der Waals surface area contributed by atoms with E-state index in [0.717, 1.165) is 4.31 Å². The number of carbonyl (C=O) groups excluding carboxylic acids is 1. The molecular formula is C18H19Cl2N3O5S. The summed E-state index contributed by atoms with van der Waals surface area (Å²) in [5.74, 6) is -0.527. The first-order valence-corrected chi connectivity index (χ1v) is 10.5. The molecule has 2 rings (SSSR count). The number of nitrogens with zero attached hydrogens (tertiary/aromatic N) is 2. The Morgan fingerprint density at radius 1 is 1.31 bits per heavy atom. The number of amides is 1. The number of halogens is 2. The van der Waals surface area contributed by atoms with Gasteiger partial charge in [0.2, 0.25) is 10.0 Å². The van der Waals surface area contributed by atoms with Gasteiger partial charge >= 0.3 is 0 Å². The molecule has 156 valence electrons. The fourth-order valence-corrected chi connectivity index (χ4v) is 4.11. The van der Waals surface area contributed by atoms with Gasteiger partial charge in [-0.2, -0.15) is 9.41 Å². The van der Waals surface area contributed by atoms with Crippen molar-refractivity contribution in [1.29, 1.82) is 0 Å². The number of carbonyl (C=O) groups is 1. The highest BCUT2D eigenvalue weighted by molar-refractivity contribution is 7.89. The number of ether oxygens (including phenoxy) is 1. The summed E-state index contributed by atoms with van der Waals surface area (Å²) in [5, 5.41) is 14.0.